The molecule has 4 heterocycles. The first-order chi connectivity index (χ1) is 13.0. The maximum Gasteiger partial charge on any atom is 0.255 e. The number of rotatable bonds is 3. The van der Waals surface area contributed by atoms with Crippen molar-refractivity contribution in [2.24, 2.45) is 5.41 Å². The highest BCUT2D eigenvalue weighted by atomic mass is 16.5. The van der Waals surface area contributed by atoms with E-state index in [1.807, 2.05) is 23.6 Å². The highest BCUT2D eigenvalue weighted by Crippen LogP contribution is 2.42. The van der Waals surface area contributed by atoms with Crippen LogP contribution in [0.15, 0.2) is 29.0 Å². The van der Waals surface area contributed by atoms with Crippen LogP contribution in [0.5, 0.6) is 0 Å². The van der Waals surface area contributed by atoms with Gasteiger partial charge in [-0.05, 0) is 38.8 Å². The second-order valence-electron chi connectivity index (χ2n) is 7.76. The topological polar surface area (TPSA) is 79.5 Å². The third-order valence-corrected chi connectivity index (χ3v) is 5.96. The molecule has 2 aromatic rings. The van der Waals surface area contributed by atoms with E-state index in [1.165, 1.54) is 0 Å². The van der Waals surface area contributed by atoms with Crippen LogP contribution in [0.3, 0.4) is 0 Å². The highest BCUT2D eigenvalue weighted by Gasteiger charge is 2.45. The number of hydrogen-bond donors (Lipinski definition) is 0. The average molecular weight is 368 g/mol. The third-order valence-electron chi connectivity index (χ3n) is 5.96. The van der Waals surface area contributed by atoms with Crippen LogP contribution in [0.2, 0.25) is 0 Å². The zero-order valence-corrected chi connectivity index (χ0v) is 15.8. The Hall–Kier alpha value is -2.70. The summed E-state index contributed by atoms with van der Waals surface area (Å²) < 4.78 is 5.22. The summed E-state index contributed by atoms with van der Waals surface area (Å²) >= 11 is 0. The molecule has 4 rings (SSSR count). The van der Waals surface area contributed by atoms with Crippen molar-refractivity contribution in [3.63, 3.8) is 0 Å². The average Bonchev–Trinajstić information content (AvgIpc) is 3.16. The second kappa shape index (κ2) is 6.79. The molecule has 0 saturated carbocycles. The Labute approximate surface area is 158 Å². The van der Waals surface area contributed by atoms with E-state index < -0.39 is 0 Å². The van der Waals surface area contributed by atoms with Crippen molar-refractivity contribution in [2.45, 2.75) is 39.7 Å². The van der Waals surface area contributed by atoms with Gasteiger partial charge in [-0.25, -0.2) is 0 Å². The van der Waals surface area contributed by atoms with Crippen LogP contribution in [-0.2, 0) is 11.3 Å². The maximum atomic E-state index is 12.6. The molecule has 0 unspecified atom stereocenters. The molecule has 0 atom stereocenters. The highest BCUT2D eigenvalue weighted by molar-refractivity contribution is 5.94. The van der Waals surface area contributed by atoms with Gasteiger partial charge in [0.1, 0.15) is 5.76 Å². The fourth-order valence-electron chi connectivity index (χ4n) is 4.24. The Morgan fingerprint density at radius 3 is 2.70 bits per heavy atom. The first-order valence-electron chi connectivity index (χ1n) is 9.36. The van der Waals surface area contributed by atoms with E-state index in [1.54, 1.807) is 24.5 Å². The van der Waals surface area contributed by atoms with Crippen LogP contribution in [0.4, 0.5) is 0 Å². The van der Waals surface area contributed by atoms with Crippen LogP contribution in [-0.4, -0.2) is 51.4 Å². The van der Waals surface area contributed by atoms with E-state index in [4.69, 9.17) is 4.52 Å². The molecule has 2 fully saturated rings. The van der Waals surface area contributed by atoms with Gasteiger partial charge in [-0.1, -0.05) is 5.16 Å². The Morgan fingerprint density at radius 2 is 2.07 bits per heavy atom. The van der Waals surface area contributed by atoms with Crippen molar-refractivity contribution in [3.8, 4) is 0 Å². The molecule has 0 bridgehead atoms. The van der Waals surface area contributed by atoms with Crippen molar-refractivity contribution in [1.82, 2.24) is 19.9 Å². The number of likely N-dealkylation sites (tertiary alicyclic amines) is 2. The quantitative estimate of drug-likeness (QED) is 0.831. The second-order valence-corrected chi connectivity index (χ2v) is 7.76. The molecule has 7 nitrogen and oxygen atoms in total. The molecular weight excluding hydrogens is 344 g/mol. The summed E-state index contributed by atoms with van der Waals surface area (Å²) in [4.78, 5) is 33.1. The van der Waals surface area contributed by atoms with Crippen LogP contribution in [0.1, 0.15) is 46.6 Å². The van der Waals surface area contributed by atoms with Crippen molar-refractivity contribution >= 4 is 11.8 Å². The zero-order valence-electron chi connectivity index (χ0n) is 15.8. The molecule has 2 aliphatic rings. The predicted octanol–water partition coefficient (Wildman–Crippen LogP) is 2.34. The van der Waals surface area contributed by atoms with Gasteiger partial charge in [-0.3, -0.25) is 14.6 Å². The minimum absolute atomic E-state index is 0.0230. The maximum absolute atomic E-state index is 12.6. The van der Waals surface area contributed by atoms with Crippen molar-refractivity contribution < 1.29 is 14.1 Å². The van der Waals surface area contributed by atoms with Gasteiger partial charge in [0.2, 0.25) is 5.91 Å². The van der Waals surface area contributed by atoms with E-state index in [0.29, 0.717) is 31.6 Å². The SMILES string of the molecule is Cc1noc(C)c1CN1CC2(CCN(C(=O)c3cccnc3)CC2)CC1=O. The Balaban J connectivity index is 1.40. The third kappa shape index (κ3) is 3.34. The lowest BCUT2D eigenvalue weighted by Gasteiger charge is -2.38. The summed E-state index contributed by atoms with van der Waals surface area (Å²) in [5, 5.41) is 3.98. The van der Waals surface area contributed by atoms with Crippen LogP contribution < -0.4 is 0 Å². The number of pyridine rings is 1. The Kier molecular flexibility index (Phi) is 4.45. The molecule has 0 radical (unpaired) electrons. The summed E-state index contributed by atoms with van der Waals surface area (Å²) in [6.07, 6.45) is 5.54. The summed E-state index contributed by atoms with van der Waals surface area (Å²) in [6.45, 7) is 6.45. The number of amides is 2. The van der Waals surface area contributed by atoms with Gasteiger partial charge in [0.05, 0.1) is 17.8 Å². The number of aromatic nitrogens is 2. The number of carbonyl (C=O) groups is 2. The molecule has 7 heteroatoms. The summed E-state index contributed by atoms with van der Waals surface area (Å²) in [7, 11) is 0. The fourth-order valence-corrected chi connectivity index (χ4v) is 4.24. The minimum atomic E-state index is -0.0260. The standard InChI is InChI=1S/C20H24N4O3/c1-14-17(15(2)27-22-14)12-24-13-20(10-18(24)25)5-8-23(9-6-20)19(26)16-4-3-7-21-11-16/h3-4,7,11H,5-6,8-10,12-13H2,1-2H3. The van der Waals surface area contributed by atoms with E-state index in [9.17, 15) is 9.59 Å². The Morgan fingerprint density at radius 1 is 1.30 bits per heavy atom. The number of piperidine rings is 1. The number of aryl methyl sites for hydroxylation is 2. The molecule has 27 heavy (non-hydrogen) atoms. The minimum Gasteiger partial charge on any atom is -0.361 e. The summed E-state index contributed by atoms with van der Waals surface area (Å²) in [6, 6.07) is 3.57. The molecule has 0 aromatic carbocycles. The molecular formula is C20H24N4O3. The van der Waals surface area contributed by atoms with E-state index >= 15 is 0 Å². The Bertz CT molecular complexity index is 834. The first kappa shape index (κ1) is 17.7. The largest absolute Gasteiger partial charge is 0.361 e. The number of hydrogen-bond acceptors (Lipinski definition) is 5. The van der Waals surface area contributed by atoms with Gasteiger partial charge in [0.25, 0.3) is 5.91 Å². The van der Waals surface area contributed by atoms with E-state index in [2.05, 4.69) is 10.1 Å². The normalized spacial score (nSPS) is 19.1. The van der Waals surface area contributed by atoms with Gasteiger partial charge in [0, 0.05) is 49.4 Å². The van der Waals surface area contributed by atoms with Gasteiger partial charge in [0.15, 0.2) is 0 Å². The molecule has 1 spiro atoms. The molecule has 2 aliphatic heterocycles. The lowest BCUT2D eigenvalue weighted by Crippen LogP contribution is -2.44. The van der Waals surface area contributed by atoms with Crippen molar-refractivity contribution in [1.29, 1.82) is 0 Å². The first-order valence-corrected chi connectivity index (χ1v) is 9.36. The van der Waals surface area contributed by atoms with Gasteiger partial charge in [-0.2, -0.15) is 0 Å². The van der Waals surface area contributed by atoms with Gasteiger partial charge >= 0.3 is 0 Å². The van der Waals surface area contributed by atoms with Crippen molar-refractivity contribution in [2.75, 3.05) is 19.6 Å². The predicted molar refractivity (Wildman–Crippen MR) is 97.8 cm³/mol. The molecule has 0 N–H and O–H groups in total. The monoisotopic (exact) mass is 368 g/mol. The van der Waals surface area contributed by atoms with Gasteiger partial charge in [-0.15, -0.1) is 0 Å². The lowest BCUT2D eigenvalue weighted by molar-refractivity contribution is -0.128. The summed E-state index contributed by atoms with van der Waals surface area (Å²) in [5.74, 6) is 0.982. The summed E-state index contributed by atoms with van der Waals surface area (Å²) in [5.41, 5.74) is 2.45. The fraction of sp³-hybridized carbons (Fsp3) is 0.500. The molecule has 0 aliphatic carbocycles. The number of nitrogens with zero attached hydrogens (tertiary/aromatic N) is 4. The van der Waals surface area contributed by atoms with Crippen LogP contribution >= 0.6 is 0 Å². The van der Waals surface area contributed by atoms with Gasteiger partial charge < -0.3 is 14.3 Å². The smallest absolute Gasteiger partial charge is 0.255 e. The van der Waals surface area contributed by atoms with Crippen LogP contribution in [0, 0.1) is 19.3 Å². The van der Waals surface area contributed by atoms with Crippen LogP contribution in [0.25, 0.3) is 0 Å². The van der Waals surface area contributed by atoms with E-state index in [-0.39, 0.29) is 17.2 Å². The zero-order chi connectivity index (χ0) is 19.0. The molecule has 2 amide bonds. The number of carbonyl (C=O) groups excluding carboxylic acids is 2. The molecule has 2 saturated heterocycles. The molecule has 2 aromatic heterocycles. The van der Waals surface area contributed by atoms with E-state index in [0.717, 1.165) is 36.4 Å². The lowest BCUT2D eigenvalue weighted by atomic mass is 9.77. The van der Waals surface area contributed by atoms with Crippen molar-refractivity contribution in [3.05, 3.63) is 47.1 Å². The molecule has 142 valence electrons.